The average Bonchev–Trinajstić information content (AvgIpc) is 2.30. The molecule has 7 nitrogen and oxygen atoms in total. The Hall–Kier alpha value is -2.44. The predicted molar refractivity (Wildman–Crippen MR) is 61.9 cm³/mol. The standard InChI is InChI=1S/C6H6N2O.C5H8O4/c7-6(9)5-1-3-8-4-2-5;6-4(7)2-1-3-5(8)9/h1-4H,(H2,7,9);1-3H2,(H,6,7)(H,8,9). The van der Waals surface area contributed by atoms with Gasteiger partial charge in [0.05, 0.1) is 0 Å². The SMILES string of the molecule is NC(=O)c1ccncc1.O=C(O)CCCC(=O)O. The lowest BCUT2D eigenvalue weighted by molar-refractivity contribution is -0.138. The second-order valence-electron chi connectivity index (χ2n) is 3.24. The number of amides is 1. The Morgan fingerprint density at radius 3 is 1.78 bits per heavy atom. The van der Waals surface area contributed by atoms with Gasteiger partial charge in [0.15, 0.2) is 0 Å². The number of primary amides is 1. The van der Waals surface area contributed by atoms with Gasteiger partial charge in [0.1, 0.15) is 0 Å². The van der Waals surface area contributed by atoms with Crippen molar-refractivity contribution in [2.24, 2.45) is 5.73 Å². The van der Waals surface area contributed by atoms with Crippen LogP contribution in [-0.2, 0) is 9.59 Å². The van der Waals surface area contributed by atoms with E-state index in [0.29, 0.717) is 5.56 Å². The number of aliphatic carboxylic acids is 2. The van der Waals surface area contributed by atoms with E-state index in [-0.39, 0.29) is 19.3 Å². The summed E-state index contributed by atoms with van der Waals surface area (Å²) in [4.78, 5) is 33.7. The number of carboxylic acid groups (broad SMARTS) is 2. The number of carboxylic acids is 2. The van der Waals surface area contributed by atoms with E-state index < -0.39 is 17.8 Å². The molecule has 1 aromatic heterocycles. The Morgan fingerprint density at radius 1 is 1.06 bits per heavy atom. The van der Waals surface area contributed by atoms with Crippen LogP contribution in [-0.4, -0.2) is 33.0 Å². The number of pyridine rings is 1. The Labute approximate surface area is 103 Å². The first-order valence-corrected chi connectivity index (χ1v) is 5.07. The molecule has 4 N–H and O–H groups in total. The van der Waals surface area contributed by atoms with Crippen LogP contribution in [0, 0.1) is 0 Å². The molecule has 0 saturated carbocycles. The summed E-state index contributed by atoms with van der Waals surface area (Å²) in [6.07, 6.45) is 3.14. The first kappa shape index (κ1) is 15.6. The van der Waals surface area contributed by atoms with Gasteiger partial charge in [-0.05, 0) is 18.6 Å². The van der Waals surface area contributed by atoms with Gasteiger partial charge in [-0.1, -0.05) is 0 Å². The number of aromatic nitrogens is 1. The monoisotopic (exact) mass is 254 g/mol. The lowest BCUT2D eigenvalue weighted by Crippen LogP contribution is -2.10. The van der Waals surface area contributed by atoms with Gasteiger partial charge in [0, 0.05) is 30.8 Å². The lowest BCUT2D eigenvalue weighted by Gasteiger charge is -1.89. The molecule has 0 spiro atoms. The highest BCUT2D eigenvalue weighted by molar-refractivity contribution is 5.92. The molecule has 98 valence electrons. The fraction of sp³-hybridized carbons (Fsp3) is 0.273. The molecule has 0 fully saturated rings. The largest absolute Gasteiger partial charge is 0.481 e. The first-order chi connectivity index (χ1) is 8.43. The Bertz CT molecular complexity index is 391. The quantitative estimate of drug-likeness (QED) is 0.701. The Morgan fingerprint density at radius 2 is 1.50 bits per heavy atom. The van der Waals surface area contributed by atoms with Crippen LogP contribution in [0.4, 0.5) is 0 Å². The number of hydrogen-bond donors (Lipinski definition) is 3. The maximum Gasteiger partial charge on any atom is 0.303 e. The van der Waals surface area contributed by atoms with Crippen molar-refractivity contribution >= 4 is 17.8 Å². The molecule has 1 aromatic rings. The highest BCUT2D eigenvalue weighted by atomic mass is 16.4. The van der Waals surface area contributed by atoms with E-state index in [4.69, 9.17) is 15.9 Å². The maximum atomic E-state index is 10.4. The van der Waals surface area contributed by atoms with E-state index in [2.05, 4.69) is 4.98 Å². The number of carbonyl (C=O) groups excluding carboxylic acids is 1. The fourth-order valence-electron chi connectivity index (χ4n) is 0.907. The average molecular weight is 254 g/mol. The van der Waals surface area contributed by atoms with Gasteiger partial charge in [-0.2, -0.15) is 0 Å². The molecule has 0 atom stereocenters. The zero-order valence-corrected chi connectivity index (χ0v) is 9.57. The summed E-state index contributed by atoms with van der Waals surface area (Å²) in [5.74, 6) is -2.31. The van der Waals surface area contributed by atoms with Crippen LogP contribution in [0.5, 0.6) is 0 Å². The third-order valence-electron chi connectivity index (χ3n) is 1.75. The van der Waals surface area contributed by atoms with Gasteiger partial charge >= 0.3 is 11.9 Å². The van der Waals surface area contributed by atoms with Gasteiger partial charge in [-0.25, -0.2) is 0 Å². The molecule has 1 amide bonds. The molecule has 0 aromatic carbocycles. The van der Waals surface area contributed by atoms with Crippen molar-refractivity contribution in [1.82, 2.24) is 4.98 Å². The van der Waals surface area contributed by atoms with Gasteiger partial charge in [0.25, 0.3) is 0 Å². The highest BCUT2D eigenvalue weighted by Crippen LogP contribution is 1.93. The van der Waals surface area contributed by atoms with E-state index >= 15 is 0 Å². The van der Waals surface area contributed by atoms with Crippen molar-refractivity contribution in [3.63, 3.8) is 0 Å². The van der Waals surface area contributed by atoms with Crippen molar-refractivity contribution in [1.29, 1.82) is 0 Å². The molecular weight excluding hydrogens is 240 g/mol. The minimum atomic E-state index is -0.948. The van der Waals surface area contributed by atoms with Crippen LogP contribution in [0.15, 0.2) is 24.5 Å². The molecule has 0 radical (unpaired) electrons. The summed E-state index contributed by atoms with van der Waals surface area (Å²) in [5.41, 5.74) is 5.44. The summed E-state index contributed by atoms with van der Waals surface area (Å²) in [7, 11) is 0. The highest BCUT2D eigenvalue weighted by Gasteiger charge is 1.99. The van der Waals surface area contributed by atoms with Crippen LogP contribution in [0.1, 0.15) is 29.6 Å². The second-order valence-corrected chi connectivity index (χ2v) is 3.24. The minimum absolute atomic E-state index is 0.0632. The van der Waals surface area contributed by atoms with Crippen molar-refractivity contribution < 1.29 is 24.6 Å². The number of rotatable bonds is 5. The number of hydrogen-bond acceptors (Lipinski definition) is 4. The maximum absolute atomic E-state index is 10.4. The van der Waals surface area contributed by atoms with E-state index in [9.17, 15) is 14.4 Å². The summed E-state index contributed by atoms with van der Waals surface area (Å²) < 4.78 is 0. The third-order valence-corrected chi connectivity index (χ3v) is 1.75. The topological polar surface area (TPSA) is 131 Å². The molecule has 7 heteroatoms. The summed E-state index contributed by atoms with van der Waals surface area (Å²) in [6.45, 7) is 0. The molecule has 18 heavy (non-hydrogen) atoms. The zero-order valence-electron chi connectivity index (χ0n) is 9.57. The van der Waals surface area contributed by atoms with Crippen LogP contribution in [0.25, 0.3) is 0 Å². The van der Waals surface area contributed by atoms with Crippen LogP contribution in [0.3, 0.4) is 0 Å². The van der Waals surface area contributed by atoms with E-state index in [1.807, 2.05) is 0 Å². The van der Waals surface area contributed by atoms with Crippen molar-refractivity contribution in [3.8, 4) is 0 Å². The molecule has 0 aliphatic heterocycles. The Balaban J connectivity index is 0.000000321. The lowest BCUT2D eigenvalue weighted by atomic mass is 10.2. The summed E-state index contributed by atoms with van der Waals surface area (Å²) in [6, 6.07) is 3.14. The van der Waals surface area contributed by atoms with Crippen molar-refractivity contribution in [2.75, 3.05) is 0 Å². The molecule has 1 heterocycles. The molecular formula is C11H14N2O5. The van der Waals surface area contributed by atoms with Crippen LogP contribution >= 0.6 is 0 Å². The van der Waals surface area contributed by atoms with Crippen molar-refractivity contribution in [2.45, 2.75) is 19.3 Å². The summed E-state index contributed by atoms with van der Waals surface area (Å²) in [5, 5.41) is 16.1. The molecule has 0 saturated heterocycles. The number of nitrogens with two attached hydrogens (primary N) is 1. The van der Waals surface area contributed by atoms with Gasteiger partial charge in [-0.3, -0.25) is 19.4 Å². The normalized spacial score (nSPS) is 8.89. The van der Waals surface area contributed by atoms with Gasteiger partial charge in [-0.15, -0.1) is 0 Å². The first-order valence-electron chi connectivity index (χ1n) is 5.07. The Kier molecular flexibility index (Phi) is 7.51. The van der Waals surface area contributed by atoms with E-state index in [1.165, 1.54) is 12.4 Å². The molecule has 1 rings (SSSR count). The number of carbonyl (C=O) groups is 3. The smallest absolute Gasteiger partial charge is 0.303 e. The van der Waals surface area contributed by atoms with Gasteiger partial charge < -0.3 is 15.9 Å². The molecule has 0 aliphatic carbocycles. The van der Waals surface area contributed by atoms with Crippen LogP contribution < -0.4 is 5.73 Å². The predicted octanol–water partition coefficient (Wildman–Crippen LogP) is 0.506. The second kappa shape index (κ2) is 8.68. The summed E-state index contributed by atoms with van der Waals surface area (Å²) >= 11 is 0. The molecule has 0 unspecified atom stereocenters. The number of nitrogens with zero attached hydrogens (tertiary/aromatic N) is 1. The molecule has 0 aliphatic rings. The fourth-order valence-corrected chi connectivity index (χ4v) is 0.907. The van der Waals surface area contributed by atoms with Crippen molar-refractivity contribution in [3.05, 3.63) is 30.1 Å². The third kappa shape index (κ3) is 8.84. The zero-order chi connectivity index (χ0) is 14.0. The minimum Gasteiger partial charge on any atom is -0.481 e. The van der Waals surface area contributed by atoms with E-state index in [0.717, 1.165) is 0 Å². The van der Waals surface area contributed by atoms with Crippen LogP contribution in [0.2, 0.25) is 0 Å². The molecule has 0 bridgehead atoms. The van der Waals surface area contributed by atoms with Gasteiger partial charge in [0.2, 0.25) is 5.91 Å². The van der Waals surface area contributed by atoms with E-state index in [1.54, 1.807) is 12.1 Å².